The lowest BCUT2D eigenvalue weighted by Gasteiger charge is -2.33. The van der Waals surface area contributed by atoms with Crippen molar-refractivity contribution in [1.29, 1.82) is 0 Å². The van der Waals surface area contributed by atoms with E-state index in [1.54, 1.807) is 7.11 Å². The SMILES string of the molecule is CCOC(=O)C(C)(Nc1cccc(OC)c1)C(C)C. The molecule has 0 amide bonds. The number of ether oxygens (including phenoxy) is 2. The molecule has 0 aromatic heterocycles. The zero-order valence-electron chi connectivity index (χ0n) is 12.3. The van der Waals surface area contributed by atoms with Gasteiger partial charge < -0.3 is 14.8 Å². The number of hydrogen-bond donors (Lipinski definition) is 1. The Balaban J connectivity index is 2.97. The van der Waals surface area contributed by atoms with Crippen LogP contribution >= 0.6 is 0 Å². The highest BCUT2D eigenvalue weighted by atomic mass is 16.5. The van der Waals surface area contributed by atoms with E-state index in [-0.39, 0.29) is 11.9 Å². The second-order valence-corrected chi connectivity index (χ2v) is 4.93. The summed E-state index contributed by atoms with van der Waals surface area (Å²) in [5.41, 5.74) is 0.0751. The highest BCUT2D eigenvalue weighted by molar-refractivity contribution is 5.84. The number of nitrogens with one attached hydrogen (secondary N) is 1. The number of methoxy groups -OCH3 is 1. The van der Waals surface area contributed by atoms with Gasteiger partial charge in [-0.25, -0.2) is 4.79 Å². The summed E-state index contributed by atoms with van der Waals surface area (Å²) in [6.45, 7) is 8.02. The van der Waals surface area contributed by atoms with Crippen molar-refractivity contribution >= 4 is 11.7 Å². The molecule has 1 unspecified atom stereocenters. The van der Waals surface area contributed by atoms with Gasteiger partial charge in [-0.3, -0.25) is 0 Å². The van der Waals surface area contributed by atoms with Gasteiger partial charge in [0.05, 0.1) is 13.7 Å². The van der Waals surface area contributed by atoms with Crippen LogP contribution in [0.25, 0.3) is 0 Å². The van der Waals surface area contributed by atoms with Crippen LogP contribution in [0.1, 0.15) is 27.7 Å². The van der Waals surface area contributed by atoms with Gasteiger partial charge in [-0.2, -0.15) is 0 Å². The second-order valence-electron chi connectivity index (χ2n) is 4.93. The fourth-order valence-corrected chi connectivity index (χ4v) is 1.71. The summed E-state index contributed by atoms with van der Waals surface area (Å²) in [4.78, 5) is 12.1. The normalized spacial score (nSPS) is 13.8. The topological polar surface area (TPSA) is 47.6 Å². The molecule has 1 aromatic rings. The first-order valence-corrected chi connectivity index (χ1v) is 6.53. The average molecular weight is 265 g/mol. The van der Waals surface area contributed by atoms with E-state index in [0.717, 1.165) is 11.4 Å². The van der Waals surface area contributed by atoms with Crippen LogP contribution in [0.5, 0.6) is 5.75 Å². The van der Waals surface area contributed by atoms with E-state index in [0.29, 0.717) is 6.61 Å². The van der Waals surface area contributed by atoms with E-state index >= 15 is 0 Å². The summed E-state index contributed by atoms with van der Waals surface area (Å²) in [5.74, 6) is 0.602. The second kappa shape index (κ2) is 6.45. The number of benzene rings is 1. The molecule has 0 aliphatic rings. The van der Waals surface area contributed by atoms with Crippen molar-refractivity contribution in [2.24, 2.45) is 5.92 Å². The fourth-order valence-electron chi connectivity index (χ4n) is 1.71. The Morgan fingerprint density at radius 1 is 1.42 bits per heavy atom. The Labute approximate surface area is 115 Å². The molecule has 4 nitrogen and oxygen atoms in total. The summed E-state index contributed by atoms with van der Waals surface area (Å²) in [6.07, 6.45) is 0. The fraction of sp³-hybridized carbons (Fsp3) is 0.533. The van der Waals surface area contributed by atoms with E-state index < -0.39 is 5.54 Å². The Bertz CT molecular complexity index is 431. The molecular weight excluding hydrogens is 242 g/mol. The minimum atomic E-state index is -0.762. The molecule has 0 saturated carbocycles. The van der Waals surface area contributed by atoms with Crippen molar-refractivity contribution in [2.75, 3.05) is 19.0 Å². The lowest BCUT2D eigenvalue weighted by molar-refractivity contribution is -0.149. The largest absolute Gasteiger partial charge is 0.497 e. The standard InChI is InChI=1S/C15H23NO3/c1-6-19-14(17)15(4,11(2)3)16-12-8-7-9-13(10-12)18-5/h7-11,16H,6H2,1-5H3. The summed E-state index contributed by atoms with van der Waals surface area (Å²) >= 11 is 0. The van der Waals surface area contributed by atoms with Gasteiger partial charge in [-0.15, -0.1) is 0 Å². The van der Waals surface area contributed by atoms with Crippen LogP contribution in [0.2, 0.25) is 0 Å². The molecule has 0 aliphatic carbocycles. The number of anilines is 1. The van der Waals surface area contributed by atoms with Gasteiger partial charge in [-0.1, -0.05) is 19.9 Å². The molecule has 0 spiro atoms. The maximum atomic E-state index is 12.1. The third kappa shape index (κ3) is 3.63. The van der Waals surface area contributed by atoms with Gasteiger partial charge in [0.1, 0.15) is 11.3 Å². The number of carbonyl (C=O) groups excluding carboxylic acids is 1. The van der Waals surface area contributed by atoms with Crippen molar-refractivity contribution in [3.63, 3.8) is 0 Å². The van der Waals surface area contributed by atoms with Crippen LogP contribution in [0.4, 0.5) is 5.69 Å². The molecule has 0 bridgehead atoms. The highest BCUT2D eigenvalue weighted by Gasteiger charge is 2.38. The molecule has 0 heterocycles. The van der Waals surface area contributed by atoms with Crippen LogP contribution in [0, 0.1) is 5.92 Å². The molecule has 19 heavy (non-hydrogen) atoms. The third-order valence-electron chi connectivity index (χ3n) is 3.33. The number of esters is 1. The van der Waals surface area contributed by atoms with Crippen molar-refractivity contribution in [3.05, 3.63) is 24.3 Å². The van der Waals surface area contributed by atoms with Gasteiger partial charge in [0.15, 0.2) is 0 Å². The smallest absolute Gasteiger partial charge is 0.331 e. The Kier molecular flexibility index (Phi) is 5.21. The number of hydrogen-bond acceptors (Lipinski definition) is 4. The van der Waals surface area contributed by atoms with Gasteiger partial charge in [0, 0.05) is 11.8 Å². The lowest BCUT2D eigenvalue weighted by Crippen LogP contribution is -2.49. The zero-order chi connectivity index (χ0) is 14.5. The van der Waals surface area contributed by atoms with Crippen LogP contribution in [0.15, 0.2) is 24.3 Å². The van der Waals surface area contributed by atoms with E-state index in [2.05, 4.69) is 5.32 Å². The Morgan fingerprint density at radius 3 is 2.63 bits per heavy atom. The average Bonchev–Trinajstić information content (AvgIpc) is 2.38. The minimum Gasteiger partial charge on any atom is -0.497 e. The number of carbonyl (C=O) groups is 1. The van der Waals surface area contributed by atoms with Crippen molar-refractivity contribution in [3.8, 4) is 5.75 Å². The molecule has 0 saturated heterocycles. The van der Waals surface area contributed by atoms with E-state index in [4.69, 9.17) is 9.47 Å². The van der Waals surface area contributed by atoms with E-state index in [1.807, 2.05) is 52.0 Å². The third-order valence-corrected chi connectivity index (χ3v) is 3.33. The zero-order valence-corrected chi connectivity index (χ0v) is 12.3. The first-order valence-electron chi connectivity index (χ1n) is 6.53. The molecule has 1 atom stereocenters. The monoisotopic (exact) mass is 265 g/mol. The first-order chi connectivity index (χ1) is 8.93. The van der Waals surface area contributed by atoms with Crippen molar-refractivity contribution in [1.82, 2.24) is 0 Å². The predicted molar refractivity (Wildman–Crippen MR) is 76.5 cm³/mol. The molecule has 0 radical (unpaired) electrons. The molecule has 4 heteroatoms. The summed E-state index contributed by atoms with van der Waals surface area (Å²) in [6, 6.07) is 7.51. The molecule has 1 rings (SSSR count). The molecule has 0 fully saturated rings. The molecular formula is C15H23NO3. The molecule has 1 aromatic carbocycles. The first kappa shape index (κ1) is 15.3. The number of rotatable bonds is 6. The Morgan fingerprint density at radius 2 is 2.11 bits per heavy atom. The van der Waals surface area contributed by atoms with Gasteiger partial charge in [0.25, 0.3) is 0 Å². The van der Waals surface area contributed by atoms with Gasteiger partial charge >= 0.3 is 5.97 Å². The van der Waals surface area contributed by atoms with Crippen LogP contribution in [-0.2, 0) is 9.53 Å². The Hall–Kier alpha value is -1.71. The van der Waals surface area contributed by atoms with Gasteiger partial charge in [-0.05, 0) is 31.9 Å². The summed E-state index contributed by atoms with van der Waals surface area (Å²) in [5, 5.41) is 3.26. The lowest BCUT2D eigenvalue weighted by atomic mass is 9.88. The van der Waals surface area contributed by atoms with Crippen LogP contribution in [-0.4, -0.2) is 25.2 Å². The van der Waals surface area contributed by atoms with Crippen LogP contribution in [0.3, 0.4) is 0 Å². The van der Waals surface area contributed by atoms with E-state index in [9.17, 15) is 4.79 Å². The predicted octanol–water partition coefficient (Wildman–Crippen LogP) is 3.08. The van der Waals surface area contributed by atoms with Gasteiger partial charge in [0.2, 0.25) is 0 Å². The minimum absolute atomic E-state index is 0.0951. The quantitative estimate of drug-likeness (QED) is 0.803. The van der Waals surface area contributed by atoms with Crippen LogP contribution < -0.4 is 10.1 Å². The maximum absolute atomic E-state index is 12.1. The van der Waals surface area contributed by atoms with E-state index in [1.165, 1.54) is 0 Å². The molecule has 1 N–H and O–H groups in total. The maximum Gasteiger partial charge on any atom is 0.331 e. The highest BCUT2D eigenvalue weighted by Crippen LogP contribution is 2.26. The summed E-state index contributed by atoms with van der Waals surface area (Å²) in [7, 11) is 1.62. The molecule has 106 valence electrons. The van der Waals surface area contributed by atoms with Crippen molar-refractivity contribution in [2.45, 2.75) is 33.2 Å². The molecule has 0 aliphatic heterocycles. The summed E-state index contributed by atoms with van der Waals surface area (Å²) < 4.78 is 10.3. The van der Waals surface area contributed by atoms with Crippen molar-refractivity contribution < 1.29 is 14.3 Å².